The molecule has 2 N–H and O–H groups in total. The predicted molar refractivity (Wildman–Crippen MR) is 78.0 cm³/mol. The van der Waals surface area contributed by atoms with Gasteiger partial charge in [0.15, 0.2) is 0 Å². The minimum atomic E-state index is 0.213. The van der Waals surface area contributed by atoms with Crippen molar-refractivity contribution in [3.05, 3.63) is 48.5 Å². The fourth-order valence-corrected chi connectivity index (χ4v) is 1.62. The fraction of sp³-hybridized carbons (Fsp3) is 0.250. The van der Waals surface area contributed by atoms with Crippen LogP contribution in [0.2, 0.25) is 0 Å². The highest BCUT2D eigenvalue weighted by Gasteiger charge is 1.96. The van der Waals surface area contributed by atoms with Crippen LogP contribution in [0.15, 0.2) is 48.5 Å². The molecular formula is C16H18O5. The third-order valence-corrected chi connectivity index (χ3v) is 2.67. The first-order valence-corrected chi connectivity index (χ1v) is 6.65. The largest absolute Gasteiger partial charge is 0.508 e. The molecule has 5 heteroatoms. The highest BCUT2D eigenvalue weighted by Crippen LogP contribution is 2.16. The van der Waals surface area contributed by atoms with E-state index in [0.717, 1.165) is 0 Å². The maximum atomic E-state index is 9.13. The van der Waals surface area contributed by atoms with Crippen molar-refractivity contribution in [1.29, 1.82) is 0 Å². The summed E-state index contributed by atoms with van der Waals surface area (Å²) in [5.74, 6) is 1.81. The lowest BCUT2D eigenvalue weighted by molar-refractivity contribution is 0.0764. The number of benzene rings is 2. The van der Waals surface area contributed by atoms with Crippen LogP contribution in [0.1, 0.15) is 0 Å². The van der Waals surface area contributed by atoms with Crippen molar-refractivity contribution < 1.29 is 24.4 Å². The molecule has 0 aliphatic heterocycles. The Morgan fingerprint density at radius 1 is 0.571 bits per heavy atom. The molecule has 0 saturated heterocycles. The summed E-state index contributed by atoms with van der Waals surface area (Å²) in [5, 5.41) is 18.3. The van der Waals surface area contributed by atoms with Crippen molar-refractivity contribution in [2.75, 3.05) is 26.4 Å². The maximum Gasteiger partial charge on any atom is 0.119 e. The summed E-state index contributed by atoms with van der Waals surface area (Å²) in [5.41, 5.74) is 0. The second-order valence-corrected chi connectivity index (χ2v) is 4.30. The van der Waals surface area contributed by atoms with Crippen molar-refractivity contribution in [2.24, 2.45) is 0 Å². The number of hydrogen-bond acceptors (Lipinski definition) is 5. The molecule has 0 radical (unpaired) electrons. The highest BCUT2D eigenvalue weighted by molar-refractivity contribution is 5.30. The molecule has 0 bridgehead atoms. The molecule has 0 aromatic heterocycles. The van der Waals surface area contributed by atoms with Gasteiger partial charge in [0.2, 0.25) is 0 Å². The average molecular weight is 290 g/mol. The summed E-state index contributed by atoms with van der Waals surface area (Å²) in [4.78, 5) is 0. The van der Waals surface area contributed by atoms with E-state index in [-0.39, 0.29) is 11.5 Å². The first-order valence-electron chi connectivity index (χ1n) is 6.65. The number of ether oxygens (including phenoxy) is 3. The van der Waals surface area contributed by atoms with Gasteiger partial charge in [-0.25, -0.2) is 0 Å². The van der Waals surface area contributed by atoms with E-state index in [4.69, 9.17) is 24.4 Å². The van der Waals surface area contributed by atoms with Gasteiger partial charge in [0.05, 0.1) is 13.2 Å². The minimum absolute atomic E-state index is 0.213. The highest BCUT2D eigenvalue weighted by atomic mass is 16.5. The number of phenolic OH excluding ortho intramolecular Hbond substituents is 2. The second kappa shape index (κ2) is 8.01. The summed E-state index contributed by atoms with van der Waals surface area (Å²) in [6, 6.07) is 13.1. The van der Waals surface area contributed by atoms with Gasteiger partial charge in [-0.05, 0) is 48.5 Å². The van der Waals surface area contributed by atoms with Gasteiger partial charge in [-0.2, -0.15) is 0 Å². The van der Waals surface area contributed by atoms with Crippen LogP contribution in [0.5, 0.6) is 23.0 Å². The Morgan fingerprint density at radius 3 is 1.33 bits per heavy atom. The smallest absolute Gasteiger partial charge is 0.119 e. The first kappa shape index (κ1) is 15.0. The number of phenols is 2. The van der Waals surface area contributed by atoms with E-state index in [1.54, 1.807) is 48.5 Å². The van der Waals surface area contributed by atoms with Crippen molar-refractivity contribution >= 4 is 0 Å². The van der Waals surface area contributed by atoms with E-state index in [0.29, 0.717) is 37.9 Å². The predicted octanol–water partition coefficient (Wildman–Crippen LogP) is 2.57. The van der Waals surface area contributed by atoms with Crippen LogP contribution in [0.4, 0.5) is 0 Å². The lowest BCUT2D eigenvalue weighted by Crippen LogP contribution is -2.12. The van der Waals surface area contributed by atoms with Gasteiger partial charge in [0, 0.05) is 0 Å². The Hall–Kier alpha value is -2.40. The monoisotopic (exact) mass is 290 g/mol. The van der Waals surface area contributed by atoms with Gasteiger partial charge >= 0.3 is 0 Å². The van der Waals surface area contributed by atoms with E-state index in [9.17, 15) is 0 Å². The summed E-state index contributed by atoms with van der Waals surface area (Å²) >= 11 is 0. The van der Waals surface area contributed by atoms with Crippen LogP contribution in [0.25, 0.3) is 0 Å². The zero-order chi connectivity index (χ0) is 14.9. The van der Waals surface area contributed by atoms with Gasteiger partial charge in [-0.15, -0.1) is 0 Å². The normalized spacial score (nSPS) is 10.3. The molecule has 0 atom stereocenters. The van der Waals surface area contributed by atoms with Crippen molar-refractivity contribution in [3.8, 4) is 23.0 Å². The third kappa shape index (κ3) is 5.62. The van der Waals surface area contributed by atoms with Gasteiger partial charge in [0.1, 0.15) is 36.2 Å². The molecule has 0 saturated carbocycles. The molecule has 0 heterocycles. The summed E-state index contributed by atoms with van der Waals surface area (Å²) in [6.07, 6.45) is 0. The number of hydrogen-bond donors (Lipinski definition) is 2. The molecule has 0 aliphatic rings. The number of aromatic hydroxyl groups is 2. The van der Waals surface area contributed by atoms with Crippen LogP contribution >= 0.6 is 0 Å². The Bertz CT molecular complexity index is 472. The van der Waals surface area contributed by atoms with Crippen LogP contribution in [-0.4, -0.2) is 36.6 Å². The molecule has 0 spiro atoms. The summed E-state index contributed by atoms with van der Waals surface area (Å²) < 4.78 is 16.2. The van der Waals surface area contributed by atoms with E-state index in [2.05, 4.69) is 0 Å². The Labute approximate surface area is 123 Å². The van der Waals surface area contributed by atoms with Crippen LogP contribution in [0, 0.1) is 0 Å². The molecule has 112 valence electrons. The Morgan fingerprint density at radius 2 is 0.952 bits per heavy atom. The lowest BCUT2D eigenvalue weighted by atomic mass is 10.3. The van der Waals surface area contributed by atoms with E-state index >= 15 is 0 Å². The number of rotatable bonds is 8. The van der Waals surface area contributed by atoms with E-state index in [1.807, 2.05) is 0 Å². The van der Waals surface area contributed by atoms with Crippen molar-refractivity contribution in [1.82, 2.24) is 0 Å². The average Bonchev–Trinajstić information content (AvgIpc) is 2.50. The zero-order valence-corrected chi connectivity index (χ0v) is 11.6. The molecular weight excluding hydrogens is 272 g/mol. The molecule has 0 aliphatic carbocycles. The molecule has 21 heavy (non-hydrogen) atoms. The second-order valence-electron chi connectivity index (χ2n) is 4.30. The van der Waals surface area contributed by atoms with Crippen LogP contribution in [-0.2, 0) is 4.74 Å². The van der Waals surface area contributed by atoms with Crippen LogP contribution in [0.3, 0.4) is 0 Å². The molecule has 2 aromatic rings. The van der Waals surface area contributed by atoms with Crippen molar-refractivity contribution in [2.45, 2.75) is 0 Å². The quantitative estimate of drug-likeness (QED) is 0.731. The summed E-state index contributed by atoms with van der Waals surface area (Å²) in [7, 11) is 0. The van der Waals surface area contributed by atoms with Crippen LogP contribution < -0.4 is 9.47 Å². The molecule has 0 fully saturated rings. The van der Waals surface area contributed by atoms with Gasteiger partial charge < -0.3 is 24.4 Å². The van der Waals surface area contributed by atoms with Gasteiger partial charge in [0.25, 0.3) is 0 Å². The SMILES string of the molecule is Oc1ccc(OCCOCCOc2ccc(O)cc2)cc1. The standard InChI is InChI=1S/C16H18O5/c17-13-1-5-15(6-2-13)20-11-9-19-10-12-21-16-7-3-14(18)4-8-16/h1-8,17-18H,9-12H2. The first-order chi connectivity index (χ1) is 10.2. The van der Waals surface area contributed by atoms with Gasteiger partial charge in [-0.1, -0.05) is 0 Å². The minimum Gasteiger partial charge on any atom is -0.508 e. The molecule has 5 nitrogen and oxygen atoms in total. The maximum absolute atomic E-state index is 9.13. The zero-order valence-electron chi connectivity index (χ0n) is 11.6. The molecule has 0 unspecified atom stereocenters. The topological polar surface area (TPSA) is 68.2 Å². The molecule has 2 rings (SSSR count). The van der Waals surface area contributed by atoms with Crippen molar-refractivity contribution in [3.63, 3.8) is 0 Å². The Kier molecular flexibility index (Phi) is 5.72. The summed E-state index contributed by atoms with van der Waals surface area (Å²) in [6.45, 7) is 1.79. The molecule has 0 amide bonds. The third-order valence-electron chi connectivity index (χ3n) is 2.67. The Balaban J connectivity index is 1.52. The van der Waals surface area contributed by atoms with E-state index < -0.39 is 0 Å². The lowest BCUT2D eigenvalue weighted by Gasteiger charge is -2.08. The van der Waals surface area contributed by atoms with E-state index in [1.165, 1.54) is 0 Å². The molecule has 2 aromatic carbocycles. The fourth-order valence-electron chi connectivity index (χ4n) is 1.62. The van der Waals surface area contributed by atoms with Gasteiger partial charge in [-0.3, -0.25) is 0 Å².